The Morgan fingerprint density at radius 3 is 2.84 bits per heavy atom. The molecule has 134 valence electrons. The number of nitrogens with zero attached hydrogens (tertiary/aromatic N) is 1. The van der Waals surface area contributed by atoms with Crippen LogP contribution in [0.15, 0.2) is 41.8 Å². The minimum atomic E-state index is 0.0319. The van der Waals surface area contributed by atoms with Gasteiger partial charge in [0.2, 0.25) is 5.91 Å². The van der Waals surface area contributed by atoms with Crippen molar-refractivity contribution in [1.82, 2.24) is 10.2 Å². The SMILES string of the molecule is O=C(CN(Cc1cccs1)CC1CCCO1)NCc1ccc(Cl)cc1. The van der Waals surface area contributed by atoms with Gasteiger partial charge in [-0.05, 0) is 42.0 Å². The van der Waals surface area contributed by atoms with Crippen molar-refractivity contribution in [3.8, 4) is 0 Å². The number of ether oxygens (including phenoxy) is 1. The van der Waals surface area contributed by atoms with Gasteiger partial charge in [-0.25, -0.2) is 0 Å². The summed E-state index contributed by atoms with van der Waals surface area (Å²) in [6.45, 7) is 3.31. The molecule has 1 saturated heterocycles. The lowest BCUT2D eigenvalue weighted by molar-refractivity contribution is -0.122. The zero-order valence-electron chi connectivity index (χ0n) is 14.1. The van der Waals surface area contributed by atoms with Crippen molar-refractivity contribution in [1.29, 1.82) is 0 Å². The lowest BCUT2D eigenvalue weighted by Gasteiger charge is -2.24. The highest BCUT2D eigenvalue weighted by molar-refractivity contribution is 7.09. The van der Waals surface area contributed by atoms with E-state index >= 15 is 0 Å². The highest BCUT2D eigenvalue weighted by Gasteiger charge is 2.21. The number of hydrogen-bond acceptors (Lipinski definition) is 4. The minimum Gasteiger partial charge on any atom is -0.377 e. The van der Waals surface area contributed by atoms with Crippen LogP contribution in [0.3, 0.4) is 0 Å². The molecular formula is C19H23ClN2O2S. The molecule has 1 fully saturated rings. The first-order chi connectivity index (χ1) is 12.2. The first-order valence-electron chi connectivity index (χ1n) is 8.56. The number of amides is 1. The van der Waals surface area contributed by atoms with Crippen LogP contribution >= 0.6 is 22.9 Å². The number of carbonyl (C=O) groups excluding carboxylic acids is 1. The van der Waals surface area contributed by atoms with Gasteiger partial charge in [0.25, 0.3) is 0 Å². The molecule has 1 N–H and O–H groups in total. The lowest BCUT2D eigenvalue weighted by atomic mass is 10.2. The Morgan fingerprint density at radius 1 is 1.32 bits per heavy atom. The fourth-order valence-electron chi connectivity index (χ4n) is 2.95. The van der Waals surface area contributed by atoms with Crippen LogP contribution in [0.2, 0.25) is 5.02 Å². The lowest BCUT2D eigenvalue weighted by Crippen LogP contribution is -2.40. The van der Waals surface area contributed by atoms with E-state index in [-0.39, 0.29) is 12.0 Å². The third-order valence-electron chi connectivity index (χ3n) is 4.22. The molecule has 3 rings (SSSR count). The van der Waals surface area contributed by atoms with Crippen LogP contribution in [-0.4, -0.2) is 36.6 Å². The molecule has 0 spiro atoms. The molecule has 2 aromatic rings. The second-order valence-electron chi connectivity index (χ2n) is 6.29. The van der Waals surface area contributed by atoms with Crippen molar-refractivity contribution < 1.29 is 9.53 Å². The molecule has 1 aromatic heterocycles. The third-order valence-corrected chi connectivity index (χ3v) is 5.33. The normalized spacial score (nSPS) is 17.1. The van der Waals surface area contributed by atoms with Gasteiger partial charge in [0.05, 0.1) is 12.6 Å². The van der Waals surface area contributed by atoms with Crippen LogP contribution in [0.25, 0.3) is 0 Å². The standard InChI is InChI=1S/C19H23ClN2O2S/c20-16-7-5-15(6-8-16)11-21-19(23)14-22(12-17-3-1-9-24-17)13-18-4-2-10-25-18/h2,4-8,10,17H,1,3,9,11-14H2,(H,21,23). The van der Waals surface area contributed by atoms with Gasteiger partial charge in [0.1, 0.15) is 0 Å². The van der Waals surface area contributed by atoms with Crippen molar-refractivity contribution in [3.63, 3.8) is 0 Å². The maximum atomic E-state index is 12.4. The topological polar surface area (TPSA) is 41.6 Å². The maximum absolute atomic E-state index is 12.4. The zero-order valence-corrected chi connectivity index (χ0v) is 15.7. The Balaban J connectivity index is 1.52. The van der Waals surface area contributed by atoms with E-state index < -0.39 is 0 Å². The first-order valence-corrected chi connectivity index (χ1v) is 9.82. The summed E-state index contributed by atoms with van der Waals surface area (Å²) in [5.74, 6) is 0.0319. The van der Waals surface area contributed by atoms with Crippen LogP contribution in [0, 0.1) is 0 Å². The Labute approximate surface area is 157 Å². The average molecular weight is 379 g/mol. The molecule has 0 bridgehead atoms. The van der Waals surface area contributed by atoms with Gasteiger partial charge in [-0.15, -0.1) is 11.3 Å². The van der Waals surface area contributed by atoms with E-state index in [1.165, 1.54) is 4.88 Å². The smallest absolute Gasteiger partial charge is 0.234 e. The van der Waals surface area contributed by atoms with Crippen molar-refractivity contribution in [2.45, 2.75) is 32.0 Å². The van der Waals surface area contributed by atoms with E-state index in [4.69, 9.17) is 16.3 Å². The molecule has 0 radical (unpaired) electrons. The number of halogens is 1. The van der Waals surface area contributed by atoms with Gasteiger partial charge < -0.3 is 10.1 Å². The van der Waals surface area contributed by atoms with Gasteiger partial charge >= 0.3 is 0 Å². The van der Waals surface area contributed by atoms with Crippen molar-refractivity contribution in [2.24, 2.45) is 0 Å². The van der Waals surface area contributed by atoms with E-state index in [2.05, 4.69) is 21.7 Å². The minimum absolute atomic E-state index is 0.0319. The van der Waals surface area contributed by atoms with Crippen LogP contribution in [-0.2, 0) is 22.6 Å². The maximum Gasteiger partial charge on any atom is 0.234 e. The number of carbonyl (C=O) groups is 1. The highest BCUT2D eigenvalue weighted by Crippen LogP contribution is 2.17. The Kier molecular flexibility index (Phi) is 6.87. The first kappa shape index (κ1) is 18.4. The second-order valence-corrected chi connectivity index (χ2v) is 7.76. The molecule has 1 unspecified atom stereocenters. The number of rotatable bonds is 8. The van der Waals surface area contributed by atoms with E-state index in [1.54, 1.807) is 11.3 Å². The molecule has 2 heterocycles. The molecule has 0 saturated carbocycles. The summed E-state index contributed by atoms with van der Waals surface area (Å²) in [5.41, 5.74) is 1.04. The molecule has 0 aliphatic carbocycles. The predicted molar refractivity (Wildman–Crippen MR) is 102 cm³/mol. The number of benzene rings is 1. The van der Waals surface area contributed by atoms with E-state index in [1.807, 2.05) is 30.3 Å². The molecule has 4 nitrogen and oxygen atoms in total. The Bertz CT molecular complexity index is 655. The number of thiophene rings is 1. The predicted octanol–water partition coefficient (Wildman–Crippen LogP) is 3.70. The zero-order chi connectivity index (χ0) is 17.5. The quantitative estimate of drug-likeness (QED) is 0.761. The summed E-state index contributed by atoms with van der Waals surface area (Å²) >= 11 is 7.61. The number of hydrogen-bond donors (Lipinski definition) is 1. The van der Waals surface area contributed by atoms with Crippen LogP contribution in [0.4, 0.5) is 0 Å². The molecule has 1 aliphatic heterocycles. The average Bonchev–Trinajstić information content (AvgIpc) is 3.28. The van der Waals surface area contributed by atoms with Crippen LogP contribution < -0.4 is 5.32 Å². The molecule has 25 heavy (non-hydrogen) atoms. The monoisotopic (exact) mass is 378 g/mol. The highest BCUT2D eigenvalue weighted by atomic mass is 35.5. The fourth-order valence-corrected chi connectivity index (χ4v) is 3.82. The van der Waals surface area contributed by atoms with Crippen LogP contribution in [0.1, 0.15) is 23.3 Å². The summed E-state index contributed by atoms with van der Waals surface area (Å²) in [4.78, 5) is 15.8. The van der Waals surface area contributed by atoms with Crippen molar-refractivity contribution >= 4 is 28.8 Å². The third kappa shape index (κ3) is 6.12. The van der Waals surface area contributed by atoms with Crippen LogP contribution in [0.5, 0.6) is 0 Å². The van der Waals surface area contributed by atoms with Gasteiger partial charge in [0.15, 0.2) is 0 Å². The molecule has 1 aromatic carbocycles. The molecule has 1 aliphatic rings. The van der Waals surface area contributed by atoms with E-state index in [0.717, 1.165) is 38.1 Å². The summed E-state index contributed by atoms with van der Waals surface area (Å²) in [7, 11) is 0. The summed E-state index contributed by atoms with van der Waals surface area (Å²) in [6, 6.07) is 11.7. The largest absolute Gasteiger partial charge is 0.377 e. The van der Waals surface area contributed by atoms with E-state index in [0.29, 0.717) is 18.1 Å². The van der Waals surface area contributed by atoms with E-state index in [9.17, 15) is 4.79 Å². The van der Waals surface area contributed by atoms with Gasteiger partial charge in [-0.2, -0.15) is 0 Å². The molecular weight excluding hydrogens is 356 g/mol. The van der Waals surface area contributed by atoms with Crippen molar-refractivity contribution in [2.75, 3.05) is 19.7 Å². The summed E-state index contributed by atoms with van der Waals surface area (Å²) < 4.78 is 5.74. The van der Waals surface area contributed by atoms with Gasteiger partial charge in [-0.1, -0.05) is 29.8 Å². The van der Waals surface area contributed by atoms with Gasteiger partial charge in [0, 0.05) is 36.1 Å². The van der Waals surface area contributed by atoms with Gasteiger partial charge in [-0.3, -0.25) is 9.69 Å². The number of nitrogens with one attached hydrogen (secondary N) is 1. The molecule has 6 heteroatoms. The summed E-state index contributed by atoms with van der Waals surface area (Å²) in [6.07, 6.45) is 2.43. The fraction of sp³-hybridized carbons (Fsp3) is 0.421. The Hall–Kier alpha value is -1.40. The second kappa shape index (κ2) is 9.34. The van der Waals surface area contributed by atoms with Crippen molar-refractivity contribution in [3.05, 3.63) is 57.2 Å². The molecule has 1 amide bonds. The molecule has 1 atom stereocenters. The Morgan fingerprint density at radius 2 is 2.16 bits per heavy atom. The summed E-state index contributed by atoms with van der Waals surface area (Å²) in [5, 5.41) is 5.76.